The molecule has 2 heterocycles. The molecule has 5 heteroatoms. The number of methoxy groups -OCH3 is 1. The Hall–Kier alpha value is -2.43. The lowest BCUT2D eigenvalue weighted by atomic mass is 10.1. The zero-order valence-corrected chi connectivity index (χ0v) is 10.9. The van der Waals surface area contributed by atoms with Gasteiger partial charge in [0.2, 0.25) is 0 Å². The quantitative estimate of drug-likeness (QED) is 0.720. The number of fused-ring (bicyclic) bond motifs is 1. The Morgan fingerprint density at radius 3 is 2.84 bits per heavy atom. The fraction of sp³-hybridized carbons (Fsp3) is 0.214. The van der Waals surface area contributed by atoms with E-state index in [4.69, 9.17) is 4.74 Å². The Morgan fingerprint density at radius 1 is 1.26 bits per heavy atom. The van der Waals surface area contributed by atoms with Crippen LogP contribution in [-0.4, -0.2) is 26.9 Å². The van der Waals surface area contributed by atoms with Crippen molar-refractivity contribution in [2.45, 2.75) is 13.3 Å². The Morgan fingerprint density at radius 2 is 2.16 bits per heavy atom. The van der Waals surface area contributed by atoms with Crippen molar-refractivity contribution in [2.75, 3.05) is 7.11 Å². The second-order valence-electron chi connectivity index (χ2n) is 4.21. The Kier molecular flexibility index (Phi) is 2.87. The summed E-state index contributed by atoms with van der Waals surface area (Å²) in [7, 11) is 1.67. The van der Waals surface area contributed by atoms with Gasteiger partial charge in [-0.15, -0.1) is 0 Å². The molecule has 0 spiro atoms. The Labute approximate surface area is 110 Å². The zero-order valence-electron chi connectivity index (χ0n) is 10.9. The van der Waals surface area contributed by atoms with Gasteiger partial charge in [0.05, 0.1) is 12.8 Å². The van der Waals surface area contributed by atoms with Gasteiger partial charge >= 0.3 is 0 Å². The van der Waals surface area contributed by atoms with Crippen LogP contribution < -0.4 is 4.74 Å². The average molecular weight is 254 g/mol. The summed E-state index contributed by atoms with van der Waals surface area (Å²) in [5, 5.41) is 6.36. The number of ether oxygens (including phenoxy) is 1. The van der Waals surface area contributed by atoms with Gasteiger partial charge in [-0.2, -0.15) is 5.10 Å². The molecule has 0 aliphatic heterocycles. The van der Waals surface area contributed by atoms with Crippen molar-refractivity contribution < 1.29 is 4.74 Å². The first-order valence-electron chi connectivity index (χ1n) is 6.14. The number of benzene rings is 1. The van der Waals surface area contributed by atoms with Crippen molar-refractivity contribution >= 4 is 10.8 Å². The Bertz CT molecular complexity index is 707. The van der Waals surface area contributed by atoms with E-state index in [9.17, 15) is 0 Å². The molecule has 3 aromatic rings. The van der Waals surface area contributed by atoms with Gasteiger partial charge in [0.25, 0.3) is 0 Å². The van der Waals surface area contributed by atoms with Crippen LogP contribution in [0.3, 0.4) is 0 Å². The molecular weight excluding hydrogens is 240 g/mol. The highest BCUT2D eigenvalue weighted by Gasteiger charge is 2.07. The summed E-state index contributed by atoms with van der Waals surface area (Å²) < 4.78 is 6.94. The summed E-state index contributed by atoms with van der Waals surface area (Å²) in [6.45, 7) is 2.09. The molecule has 0 atom stereocenters. The lowest BCUT2D eigenvalue weighted by Crippen LogP contribution is -2.01. The van der Waals surface area contributed by atoms with Crippen molar-refractivity contribution in [3.63, 3.8) is 0 Å². The number of hydrogen-bond acceptors (Lipinski definition) is 4. The van der Waals surface area contributed by atoms with Gasteiger partial charge < -0.3 is 4.74 Å². The van der Waals surface area contributed by atoms with Gasteiger partial charge in [-0.05, 0) is 36.1 Å². The highest BCUT2D eigenvalue weighted by molar-refractivity contribution is 5.87. The van der Waals surface area contributed by atoms with Crippen LogP contribution in [0.4, 0.5) is 0 Å². The molecule has 0 saturated carbocycles. The lowest BCUT2D eigenvalue weighted by Gasteiger charge is -2.09. The van der Waals surface area contributed by atoms with Crippen LogP contribution in [0.5, 0.6) is 5.75 Å². The van der Waals surface area contributed by atoms with Crippen molar-refractivity contribution in [2.24, 2.45) is 0 Å². The Balaban J connectivity index is 2.25. The maximum absolute atomic E-state index is 5.27. The average Bonchev–Trinajstić information content (AvgIpc) is 2.99. The largest absolute Gasteiger partial charge is 0.497 e. The molecule has 0 amide bonds. The smallest absolute Gasteiger partial charge is 0.156 e. The standard InChI is InChI=1S/C14H14N4O/c1-3-13-12-5-4-11(19-2)6-10(12)7-14(17-13)18-9-15-8-16-18/h4-9H,3H2,1-2H3. The van der Waals surface area contributed by atoms with E-state index in [2.05, 4.69) is 22.0 Å². The van der Waals surface area contributed by atoms with E-state index in [0.29, 0.717) is 0 Å². The van der Waals surface area contributed by atoms with Crippen molar-refractivity contribution in [1.29, 1.82) is 0 Å². The molecule has 0 radical (unpaired) electrons. The first kappa shape index (κ1) is 11.6. The summed E-state index contributed by atoms with van der Waals surface area (Å²) in [4.78, 5) is 8.59. The van der Waals surface area contributed by atoms with E-state index in [1.165, 1.54) is 6.33 Å². The molecule has 5 nitrogen and oxygen atoms in total. The highest BCUT2D eigenvalue weighted by Crippen LogP contribution is 2.25. The van der Waals surface area contributed by atoms with E-state index >= 15 is 0 Å². The fourth-order valence-electron chi connectivity index (χ4n) is 2.13. The summed E-state index contributed by atoms with van der Waals surface area (Å²) in [6.07, 6.45) is 4.02. The van der Waals surface area contributed by atoms with Crippen LogP contribution in [0.15, 0.2) is 36.9 Å². The number of hydrogen-bond donors (Lipinski definition) is 0. The highest BCUT2D eigenvalue weighted by atomic mass is 16.5. The normalized spacial score (nSPS) is 10.8. The molecule has 0 N–H and O–H groups in total. The monoisotopic (exact) mass is 254 g/mol. The van der Waals surface area contributed by atoms with Crippen LogP contribution >= 0.6 is 0 Å². The number of aryl methyl sites for hydroxylation is 1. The van der Waals surface area contributed by atoms with Gasteiger partial charge in [-0.1, -0.05) is 6.92 Å². The van der Waals surface area contributed by atoms with Gasteiger partial charge in [-0.3, -0.25) is 0 Å². The number of pyridine rings is 1. The molecule has 96 valence electrons. The molecule has 0 fully saturated rings. The molecule has 19 heavy (non-hydrogen) atoms. The van der Waals surface area contributed by atoms with Gasteiger partial charge in [0, 0.05) is 5.39 Å². The molecule has 0 unspecified atom stereocenters. The molecule has 0 aliphatic carbocycles. The number of aromatic nitrogens is 4. The molecule has 3 rings (SSSR count). The van der Waals surface area contributed by atoms with Crippen LogP contribution in [-0.2, 0) is 6.42 Å². The summed E-state index contributed by atoms with van der Waals surface area (Å²) >= 11 is 0. The van der Waals surface area contributed by atoms with Gasteiger partial charge in [0.1, 0.15) is 18.4 Å². The minimum absolute atomic E-state index is 0.773. The van der Waals surface area contributed by atoms with Crippen molar-refractivity contribution in [3.8, 4) is 11.6 Å². The lowest BCUT2D eigenvalue weighted by molar-refractivity contribution is 0.415. The number of nitrogens with zero attached hydrogens (tertiary/aromatic N) is 4. The molecular formula is C14H14N4O. The summed E-state index contributed by atoms with van der Waals surface area (Å²) in [6, 6.07) is 8.01. The van der Waals surface area contributed by atoms with Crippen LogP contribution in [0.1, 0.15) is 12.6 Å². The van der Waals surface area contributed by atoms with E-state index in [0.717, 1.165) is 34.5 Å². The third-order valence-electron chi connectivity index (χ3n) is 3.09. The van der Waals surface area contributed by atoms with Crippen molar-refractivity contribution in [3.05, 3.63) is 42.6 Å². The van der Waals surface area contributed by atoms with E-state index in [1.807, 2.05) is 24.3 Å². The predicted molar refractivity (Wildman–Crippen MR) is 72.6 cm³/mol. The first-order chi connectivity index (χ1) is 9.31. The number of rotatable bonds is 3. The fourth-order valence-corrected chi connectivity index (χ4v) is 2.13. The van der Waals surface area contributed by atoms with Crippen LogP contribution in [0.2, 0.25) is 0 Å². The maximum atomic E-state index is 5.27. The first-order valence-corrected chi connectivity index (χ1v) is 6.14. The third kappa shape index (κ3) is 2.03. The summed E-state index contributed by atoms with van der Waals surface area (Å²) in [5.41, 5.74) is 1.05. The minimum Gasteiger partial charge on any atom is -0.497 e. The predicted octanol–water partition coefficient (Wildman–Crippen LogP) is 2.39. The second kappa shape index (κ2) is 4.68. The van der Waals surface area contributed by atoms with Crippen molar-refractivity contribution in [1.82, 2.24) is 19.7 Å². The molecule has 1 aromatic carbocycles. The maximum Gasteiger partial charge on any atom is 0.156 e. The SMILES string of the molecule is CCc1nc(-n2cncn2)cc2cc(OC)ccc12. The van der Waals surface area contributed by atoms with Crippen LogP contribution in [0.25, 0.3) is 16.6 Å². The summed E-state index contributed by atoms with van der Waals surface area (Å²) in [5.74, 6) is 1.61. The molecule has 0 bridgehead atoms. The topological polar surface area (TPSA) is 52.8 Å². The van der Waals surface area contributed by atoms with E-state index in [1.54, 1.807) is 18.1 Å². The van der Waals surface area contributed by atoms with Gasteiger partial charge in [0.15, 0.2) is 5.82 Å². The minimum atomic E-state index is 0.773. The van der Waals surface area contributed by atoms with E-state index < -0.39 is 0 Å². The molecule has 0 aliphatic rings. The second-order valence-corrected chi connectivity index (χ2v) is 4.21. The van der Waals surface area contributed by atoms with Gasteiger partial charge in [-0.25, -0.2) is 14.6 Å². The van der Waals surface area contributed by atoms with E-state index in [-0.39, 0.29) is 0 Å². The van der Waals surface area contributed by atoms with Crippen LogP contribution in [0, 0.1) is 0 Å². The third-order valence-corrected chi connectivity index (χ3v) is 3.09. The molecule has 2 aromatic heterocycles. The zero-order chi connectivity index (χ0) is 13.2. The molecule has 0 saturated heterocycles.